The molecular formula is C31H21ClN2O4. The molecule has 0 unspecified atom stereocenters. The Morgan fingerprint density at radius 2 is 1.66 bits per heavy atom. The van der Waals surface area contributed by atoms with Crippen molar-refractivity contribution in [3.8, 4) is 0 Å². The Morgan fingerprint density at radius 1 is 0.895 bits per heavy atom. The molecule has 0 radical (unpaired) electrons. The van der Waals surface area contributed by atoms with Gasteiger partial charge in [-0.05, 0) is 65.2 Å². The predicted molar refractivity (Wildman–Crippen MR) is 143 cm³/mol. The monoisotopic (exact) mass is 520 g/mol. The summed E-state index contributed by atoms with van der Waals surface area (Å²) >= 11 is 6.13. The van der Waals surface area contributed by atoms with E-state index >= 15 is 0 Å². The second-order valence-corrected chi connectivity index (χ2v) is 10.2. The molecule has 4 atom stereocenters. The molecule has 1 fully saturated rings. The Morgan fingerprint density at radius 3 is 2.45 bits per heavy atom. The number of rotatable bonds is 4. The summed E-state index contributed by atoms with van der Waals surface area (Å²) in [6, 6.07) is 23.5. The Hall–Kier alpha value is -4.42. The van der Waals surface area contributed by atoms with Crippen LogP contribution in [0.3, 0.4) is 0 Å². The molecule has 1 spiro atoms. The lowest BCUT2D eigenvalue weighted by Gasteiger charge is -2.38. The van der Waals surface area contributed by atoms with E-state index in [9.17, 15) is 14.4 Å². The molecule has 4 aromatic rings. The number of anilines is 1. The van der Waals surface area contributed by atoms with Crippen LogP contribution >= 0.6 is 11.6 Å². The normalized spacial score (nSPS) is 24.6. The van der Waals surface area contributed by atoms with Gasteiger partial charge in [-0.25, -0.2) is 0 Å². The van der Waals surface area contributed by atoms with Crippen LogP contribution < -0.4 is 5.32 Å². The minimum absolute atomic E-state index is 0.138. The molecule has 0 aliphatic carbocycles. The lowest BCUT2D eigenvalue weighted by Crippen LogP contribution is -2.49. The number of para-hydroxylation sites is 1. The zero-order chi connectivity index (χ0) is 26.0. The number of halogens is 1. The number of fused-ring (bicyclic) bond motifs is 6. The van der Waals surface area contributed by atoms with Gasteiger partial charge >= 0.3 is 0 Å². The maximum atomic E-state index is 14.6. The van der Waals surface area contributed by atoms with E-state index in [2.05, 4.69) is 5.32 Å². The number of nitrogens with one attached hydrogen (secondary N) is 1. The minimum Gasteiger partial charge on any atom is -0.461 e. The molecule has 7 rings (SSSR count). The molecule has 3 aliphatic heterocycles. The maximum absolute atomic E-state index is 14.6. The van der Waals surface area contributed by atoms with Crippen molar-refractivity contribution in [2.24, 2.45) is 5.92 Å². The van der Waals surface area contributed by atoms with Crippen molar-refractivity contribution >= 4 is 40.8 Å². The van der Waals surface area contributed by atoms with Gasteiger partial charge in [0.05, 0.1) is 18.2 Å². The molecule has 3 aliphatic rings. The quantitative estimate of drug-likeness (QED) is 0.338. The molecular weight excluding hydrogens is 500 g/mol. The zero-order valence-electron chi connectivity index (χ0n) is 20.0. The highest BCUT2D eigenvalue weighted by Crippen LogP contribution is 2.62. The van der Waals surface area contributed by atoms with E-state index in [4.69, 9.17) is 16.0 Å². The average Bonchev–Trinajstić information content (AvgIpc) is 3.65. The number of amides is 1. The van der Waals surface area contributed by atoms with Gasteiger partial charge in [-0.1, -0.05) is 54.1 Å². The molecule has 7 heteroatoms. The van der Waals surface area contributed by atoms with E-state index < -0.39 is 23.4 Å². The van der Waals surface area contributed by atoms with Gasteiger partial charge in [0.1, 0.15) is 11.5 Å². The van der Waals surface area contributed by atoms with Crippen molar-refractivity contribution in [1.29, 1.82) is 0 Å². The van der Waals surface area contributed by atoms with Gasteiger partial charge in [0.25, 0.3) is 0 Å². The number of carbonyl (C=O) groups excluding carboxylic acids is 3. The summed E-state index contributed by atoms with van der Waals surface area (Å²) in [5.74, 6) is -1.88. The first kappa shape index (κ1) is 22.8. The van der Waals surface area contributed by atoms with Crippen LogP contribution in [0.5, 0.6) is 0 Å². The second kappa shape index (κ2) is 8.30. The molecule has 38 heavy (non-hydrogen) atoms. The first-order valence-electron chi connectivity index (χ1n) is 12.3. The van der Waals surface area contributed by atoms with Crippen molar-refractivity contribution in [3.05, 3.63) is 130 Å². The average molecular weight is 521 g/mol. The van der Waals surface area contributed by atoms with Gasteiger partial charge in [0, 0.05) is 22.5 Å². The van der Waals surface area contributed by atoms with Crippen LogP contribution in [-0.2, 0) is 10.2 Å². The number of nitrogens with zero attached hydrogens (tertiary/aromatic N) is 1. The Kier molecular flexibility index (Phi) is 4.97. The SMILES string of the molecule is O=C(c1ccco1)[C@@H]1[C@@H](C(=O)c2ccc(Cl)cc2)[C@@]2(C(=O)Nc3ccccc32)[C@H]2c3ccccc3C=CN12. The summed E-state index contributed by atoms with van der Waals surface area (Å²) in [4.78, 5) is 44.9. The first-order valence-corrected chi connectivity index (χ1v) is 12.7. The standard InChI is InChI=1S/C31H21ClN2O4/c32-20-13-11-19(12-14-20)27(35)25-26(28(36)24-10-5-17-38-24)34-16-15-18-6-1-2-7-21(18)29(34)31(25)22-8-3-4-9-23(22)33-30(31)37/h1-17,25-26,29H,(H,33,37)/t25-,26-,29+,31+/m0/s1. The lowest BCUT2D eigenvalue weighted by molar-refractivity contribution is -0.122. The smallest absolute Gasteiger partial charge is 0.238 e. The van der Waals surface area contributed by atoms with Crippen LogP contribution in [0.15, 0.2) is 102 Å². The topological polar surface area (TPSA) is 79.6 Å². The van der Waals surface area contributed by atoms with Gasteiger partial charge in [0.15, 0.2) is 11.5 Å². The second-order valence-electron chi connectivity index (χ2n) is 9.80. The van der Waals surface area contributed by atoms with Gasteiger partial charge in [-0.15, -0.1) is 0 Å². The highest BCUT2D eigenvalue weighted by Gasteiger charge is 2.71. The number of carbonyl (C=O) groups is 3. The van der Waals surface area contributed by atoms with Crippen molar-refractivity contribution in [2.45, 2.75) is 17.5 Å². The summed E-state index contributed by atoms with van der Waals surface area (Å²) in [6.07, 6.45) is 5.20. The van der Waals surface area contributed by atoms with Crippen LogP contribution in [0.2, 0.25) is 5.02 Å². The fourth-order valence-electron chi connectivity index (χ4n) is 6.53. The van der Waals surface area contributed by atoms with E-state index in [1.54, 1.807) is 36.4 Å². The molecule has 1 amide bonds. The van der Waals surface area contributed by atoms with Crippen molar-refractivity contribution in [2.75, 3.05) is 5.32 Å². The van der Waals surface area contributed by atoms with Crippen LogP contribution in [0.1, 0.15) is 43.6 Å². The molecule has 3 aromatic carbocycles. The van der Waals surface area contributed by atoms with E-state index in [0.29, 0.717) is 21.8 Å². The number of benzene rings is 3. The summed E-state index contributed by atoms with van der Waals surface area (Å²) in [5, 5.41) is 3.53. The third-order valence-electron chi connectivity index (χ3n) is 8.01. The lowest BCUT2D eigenvalue weighted by atomic mass is 9.62. The van der Waals surface area contributed by atoms with Crippen molar-refractivity contribution in [1.82, 2.24) is 4.90 Å². The van der Waals surface area contributed by atoms with Crippen LogP contribution in [0.25, 0.3) is 6.08 Å². The summed E-state index contributed by atoms with van der Waals surface area (Å²) < 4.78 is 5.52. The van der Waals surface area contributed by atoms with Gasteiger partial charge < -0.3 is 14.6 Å². The summed E-state index contributed by atoms with van der Waals surface area (Å²) in [5.41, 5.74) is 2.17. The van der Waals surface area contributed by atoms with Crippen LogP contribution in [0.4, 0.5) is 5.69 Å². The Balaban J connectivity index is 1.55. The molecule has 1 saturated heterocycles. The number of furan rings is 1. The Labute approximate surface area is 223 Å². The highest BCUT2D eigenvalue weighted by atomic mass is 35.5. The van der Waals surface area contributed by atoms with Crippen molar-refractivity contribution < 1.29 is 18.8 Å². The van der Waals surface area contributed by atoms with Gasteiger partial charge in [-0.2, -0.15) is 0 Å². The van der Waals surface area contributed by atoms with Crippen molar-refractivity contribution in [3.63, 3.8) is 0 Å². The molecule has 0 saturated carbocycles. The minimum atomic E-state index is -1.37. The highest BCUT2D eigenvalue weighted by molar-refractivity contribution is 6.30. The Bertz CT molecular complexity index is 1640. The van der Waals surface area contributed by atoms with Crippen LogP contribution in [-0.4, -0.2) is 28.4 Å². The van der Waals surface area contributed by atoms with E-state index in [0.717, 1.165) is 11.1 Å². The van der Waals surface area contributed by atoms with Gasteiger partial charge in [-0.3, -0.25) is 14.4 Å². The molecule has 0 bridgehead atoms. The molecule has 186 valence electrons. The van der Waals surface area contributed by atoms with E-state index in [1.165, 1.54) is 6.26 Å². The molecule has 1 N–H and O–H groups in total. The number of hydrogen-bond donors (Lipinski definition) is 1. The van der Waals surface area contributed by atoms with E-state index in [-0.39, 0.29) is 23.2 Å². The summed E-state index contributed by atoms with van der Waals surface area (Å²) in [7, 11) is 0. The predicted octanol–water partition coefficient (Wildman–Crippen LogP) is 5.91. The zero-order valence-corrected chi connectivity index (χ0v) is 20.8. The number of ketones is 2. The van der Waals surface area contributed by atoms with Gasteiger partial charge in [0.2, 0.25) is 11.7 Å². The first-order chi connectivity index (χ1) is 18.5. The largest absolute Gasteiger partial charge is 0.461 e. The molecule has 4 heterocycles. The third kappa shape index (κ3) is 2.98. The fourth-order valence-corrected chi connectivity index (χ4v) is 6.65. The van der Waals surface area contributed by atoms with Crippen LogP contribution in [0, 0.1) is 5.92 Å². The molecule has 6 nitrogen and oxygen atoms in total. The summed E-state index contributed by atoms with van der Waals surface area (Å²) in [6.45, 7) is 0. The molecule has 1 aromatic heterocycles. The fraction of sp³-hybridized carbons (Fsp3) is 0.129. The third-order valence-corrected chi connectivity index (χ3v) is 8.27. The number of Topliss-reactive ketones (excluding diaryl/α,β-unsaturated/α-hetero) is 2. The van der Waals surface area contributed by atoms with E-state index in [1.807, 2.05) is 65.7 Å². The maximum Gasteiger partial charge on any atom is 0.238 e. The number of hydrogen-bond acceptors (Lipinski definition) is 5.